The number of aliphatic hydroxyl groups is 1. The van der Waals surface area contributed by atoms with Gasteiger partial charge in [0.25, 0.3) is 5.91 Å². The van der Waals surface area contributed by atoms with Crippen LogP contribution in [0.4, 0.5) is 0 Å². The van der Waals surface area contributed by atoms with Gasteiger partial charge in [-0.25, -0.2) is 4.98 Å². The minimum absolute atomic E-state index is 0.161. The second-order valence-electron chi connectivity index (χ2n) is 9.66. The summed E-state index contributed by atoms with van der Waals surface area (Å²) in [4.78, 5) is 23.1. The topological polar surface area (TPSA) is 81.2 Å². The predicted molar refractivity (Wildman–Crippen MR) is 124 cm³/mol. The van der Waals surface area contributed by atoms with E-state index in [1.807, 2.05) is 45.9 Å². The summed E-state index contributed by atoms with van der Waals surface area (Å²) >= 11 is 0. The number of likely N-dealkylation sites (tertiary alicyclic amines) is 1. The van der Waals surface area contributed by atoms with Gasteiger partial charge in [0.05, 0.1) is 12.3 Å². The Kier molecular flexibility index (Phi) is 5.86. The number of aromatic amines is 1. The van der Waals surface area contributed by atoms with Gasteiger partial charge in [-0.1, -0.05) is 6.07 Å². The fraction of sp³-hybridized carbons (Fsp3) is 0.440. The van der Waals surface area contributed by atoms with Crippen LogP contribution in [-0.2, 0) is 6.54 Å². The number of aryl methyl sites for hydroxylation is 1. The third-order valence-corrected chi connectivity index (χ3v) is 5.75. The number of hydrogen-bond donors (Lipinski definition) is 3. The number of H-pyrrole nitrogens is 1. The van der Waals surface area contributed by atoms with E-state index in [1.54, 1.807) is 0 Å². The highest BCUT2D eigenvalue weighted by atomic mass is 16.3. The number of rotatable bonds is 5. The summed E-state index contributed by atoms with van der Waals surface area (Å²) in [6.07, 6.45) is 2.20. The van der Waals surface area contributed by atoms with Crippen molar-refractivity contribution in [1.29, 1.82) is 0 Å². The van der Waals surface area contributed by atoms with Crippen LogP contribution in [0.2, 0.25) is 0 Å². The molecule has 1 aliphatic rings. The molecule has 1 saturated heterocycles. The number of fused-ring (bicyclic) bond motifs is 1. The molecule has 3 heterocycles. The second kappa shape index (κ2) is 8.44. The maximum absolute atomic E-state index is 12.6. The van der Waals surface area contributed by atoms with Gasteiger partial charge < -0.3 is 15.4 Å². The molecule has 1 atom stereocenters. The minimum Gasteiger partial charge on any atom is -0.395 e. The minimum atomic E-state index is -0.312. The number of carbonyl (C=O) groups excluding carboxylic acids is 1. The third-order valence-electron chi connectivity index (χ3n) is 5.75. The molecule has 164 valence electrons. The average Bonchev–Trinajstić information content (AvgIpc) is 3.31. The number of aromatic nitrogens is 2. The maximum Gasteiger partial charge on any atom is 0.270 e. The molecule has 0 spiro atoms. The summed E-state index contributed by atoms with van der Waals surface area (Å²) in [6.45, 7) is 9.93. The Labute approximate surface area is 183 Å². The zero-order chi connectivity index (χ0) is 22.2. The van der Waals surface area contributed by atoms with Gasteiger partial charge in [0.1, 0.15) is 5.69 Å². The molecule has 0 bridgehead atoms. The van der Waals surface area contributed by atoms with Crippen LogP contribution >= 0.6 is 0 Å². The first-order valence-electron chi connectivity index (χ1n) is 11.0. The number of hydrogen-bond acceptors (Lipinski definition) is 4. The second-order valence-corrected chi connectivity index (χ2v) is 9.66. The van der Waals surface area contributed by atoms with Crippen LogP contribution in [0.1, 0.15) is 55.4 Å². The first-order chi connectivity index (χ1) is 14.7. The van der Waals surface area contributed by atoms with Crippen molar-refractivity contribution in [3.05, 3.63) is 53.3 Å². The molecule has 4 rings (SSSR count). The van der Waals surface area contributed by atoms with Gasteiger partial charge in [0.15, 0.2) is 0 Å². The number of benzene rings is 1. The molecule has 3 aromatic rings. The summed E-state index contributed by atoms with van der Waals surface area (Å²) < 4.78 is 0. The van der Waals surface area contributed by atoms with E-state index < -0.39 is 0 Å². The lowest BCUT2D eigenvalue weighted by Crippen LogP contribution is -2.41. The van der Waals surface area contributed by atoms with Gasteiger partial charge in [-0.2, -0.15) is 0 Å². The van der Waals surface area contributed by atoms with Crippen molar-refractivity contribution >= 4 is 16.8 Å². The molecule has 1 fully saturated rings. The number of pyridine rings is 1. The van der Waals surface area contributed by atoms with Crippen molar-refractivity contribution in [2.75, 3.05) is 13.2 Å². The lowest BCUT2D eigenvalue weighted by molar-refractivity contribution is 0.0914. The Morgan fingerprint density at radius 3 is 2.81 bits per heavy atom. The molecule has 0 aliphatic carbocycles. The van der Waals surface area contributed by atoms with Crippen LogP contribution in [0.15, 0.2) is 36.4 Å². The molecule has 0 saturated carbocycles. The van der Waals surface area contributed by atoms with Crippen molar-refractivity contribution < 1.29 is 9.90 Å². The van der Waals surface area contributed by atoms with Crippen LogP contribution in [0.5, 0.6) is 0 Å². The fourth-order valence-corrected chi connectivity index (χ4v) is 4.30. The lowest BCUT2D eigenvalue weighted by atomic mass is 10.1. The van der Waals surface area contributed by atoms with Crippen LogP contribution in [0.3, 0.4) is 0 Å². The molecule has 6 nitrogen and oxygen atoms in total. The van der Waals surface area contributed by atoms with E-state index in [0.29, 0.717) is 5.69 Å². The smallest absolute Gasteiger partial charge is 0.270 e. The molecule has 0 unspecified atom stereocenters. The largest absolute Gasteiger partial charge is 0.395 e. The number of amides is 1. The monoisotopic (exact) mass is 420 g/mol. The van der Waals surface area contributed by atoms with Gasteiger partial charge in [-0.3, -0.25) is 9.69 Å². The van der Waals surface area contributed by atoms with E-state index in [1.165, 1.54) is 0 Å². The third kappa shape index (κ3) is 4.97. The molecule has 31 heavy (non-hydrogen) atoms. The van der Waals surface area contributed by atoms with E-state index in [2.05, 4.69) is 38.4 Å². The van der Waals surface area contributed by atoms with Gasteiger partial charge in [0, 0.05) is 40.3 Å². The summed E-state index contributed by atoms with van der Waals surface area (Å²) in [5.41, 5.74) is 5.14. The van der Waals surface area contributed by atoms with E-state index in [9.17, 15) is 9.90 Å². The number of nitrogens with one attached hydrogen (secondary N) is 2. The molecular formula is C25H32N4O2. The molecule has 3 N–H and O–H groups in total. The molecular weight excluding hydrogens is 388 g/mol. The van der Waals surface area contributed by atoms with E-state index in [0.717, 1.165) is 59.3 Å². The van der Waals surface area contributed by atoms with Gasteiger partial charge >= 0.3 is 0 Å². The Hall–Kier alpha value is -2.70. The lowest BCUT2D eigenvalue weighted by Gasteiger charge is -2.21. The highest BCUT2D eigenvalue weighted by Crippen LogP contribution is 2.27. The predicted octanol–water partition coefficient (Wildman–Crippen LogP) is 4.02. The van der Waals surface area contributed by atoms with Crippen LogP contribution < -0.4 is 5.32 Å². The summed E-state index contributed by atoms with van der Waals surface area (Å²) in [5, 5.41) is 13.7. The first kappa shape index (κ1) is 21.5. The highest BCUT2D eigenvalue weighted by Gasteiger charge is 2.24. The first-order valence-corrected chi connectivity index (χ1v) is 11.0. The Balaban J connectivity index is 1.60. The van der Waals surface area contributed by atoms with Crippen molar-refractivity contribution in [2.45, 2.75) is 58.7 Å². The van der Waals surface area contributed by atoms with Gasteiger partial charge in [-0.05, 0) is 83.0 Å². The molecule has 1 aliphatic heterocycles. The standard InChI is InChI=1S/C25H32N4O2/c1-16-10-22(27-23(11-16)24(31)28-25(2,3)4)17-7-8-21-18(12-17)13-19(26-21)14-29-9-5-6-20(29)15-30/h7-8,10-13,20,26,30H,5-6,9,14-15H2,1-4H3,(H,28,31)/t20-/m1/s1. The number of aliphatic hydroxyl groups excluding tert-OH is 1. The molecule has 2 aromatic heterocycles. The summed E-state index contributed by atoms with van der Waals surface area (Å²) in [5.74, 6) is -0.161. The van der Waals surface area contributed by atoms with Crippen molar-refractivity contribution in [1.82, 2.24) is 20.2 Å². The Bertz CT molecular complexity index is 1100. The SMILES string of the molecule is Cc1cc(C(=O)NC(C)(C)C)nc(-c2ccc3[nH]c(CN4CCC[C@@H]4CO)cc3c2)c1. The quantitative estimate of drug-likeness (QED) is 0.582. The normalized spacial score (nSPS) is 17.4. The van der Waals surface area contributed by atoms with E-state index in [-0.39, 0.29) is 24.1 Å². The average molecular weight is 421 g/mol. The van der Waals surface area contributed by atoms with Crippen molar-refractivity contribution in [3.8, 4) is 11.3 Å². The van der Waals surface area contributed by atoms with Crippen LogP contribution in [-0.4, -0.2) is 50.6 Å². The van der Waals surface area contributed by atoms with E-state index >= 15 is 0 Å². The number of carbonyl (C=O) groups is 1. The maximum atomic E-state index is 12.6. The van der Waals surface area contributed by atoms with Gasteiger partial charge in [0.2, 0.25) is 0 Å². The fourth-order valence-electron chi connectivity index (χ4n) is 4.30. The zero-order valence-electron chi connectivity index (χ0n) is 18.8. The molecule has 1 aromatic carbocycles. The Morgan fingerprint density at radius 2 is 2.06 bits per heavy atom. The molecule has 6 heteroatoms. The zero-order valence-corrected chi connectivity index (χ0v) is 18.8. The van der Waals surface area contributed by atoms with Crippen LogP contribution in [0, 0.1) is 6.92 Å². The summed E-state index contributed by atoms with van der Waals surface area (Å²) in [7, 11) is 0. The van der Waals surface area contributed by atoms with Crippen LogP contribution in [0.25, 0.3) is 22.2 Å². The Morgan fingerprint density at radius 1 is 1.26 bits per heavy atom. The highest BCUT2D eigenvalue weighted by molar-refractivity contribution is 5.94. The summed E-state index contributed by atoms with van der Waals surface area (Å²) in [6, 6.07) is 12.5. The van der Waals surface area contributed by atoms with Crippen molar-refractivity contribution in [2.24, 2.45) is 0 Å². The van der Waals surface area contributed by atoms with Crippen molar-refractivity contribution in [3.63, 3.8) is 0 Å². The number of nitrogens with zero attached hydrogens (tertiary/aromatic N) is 2. The molecule has 1 amide bonds. The van der Waals surface area contributed by atoms with Gasteiger partial charge in [-0.15, -0.1) is 0 Å². The molecule has 0 radical (unpaired) electrons. The van der Waals surface area contributed by atoms with E-state index in [4.69, 9.17) is 0 Å².